The van der Waals surface area contributed by atoms with Crippen LogP contribution in [0.1, 0.15) is 26.2 Å². The fourth-order valence-corrected chi connectivity index (χ4v) is 2.86. The van der Waals surface area contributed by atoms with Gasteiger partial charge in [0, 0.05) is 31.8 Å². The molecule has 0 unspecified atom stereocenters. The Balaban J connectivity index is 2.27. The molecule has 2 N–H and O–H groups in total. The van der Waals surface area contributed by atoms with Gasteiger partial charge in [-0.1, -0.05) is 6.92 Å². The molecule has 7 nitrogen and oxygen atoms in total. The van der Waals surface area contributed by atoms with Gasteiger partial charge in [-0.15, -0.1) is 0 Å². The van der Waals surface area contributed by atoms with Crippen molar-refractivity contribution in [2.45, 2.75) is 26.2 Å². The summed E-state index contributed by atoms with van der Waals surface area (Å²) in [5.74, 6) is -0.663. The molecule has 0 aromatic carbocycles. The van der Waals surface area contributed by atoms with E-state index in [-0.39, 0.29) is 36.4 Å². The predicted molar refractivity (Wildman–Crippen MR) is 74.3 cm³/mol. The molecular formula is C12H22N2O5S. The number of nitrogens with zero attached hydrogens (tertiary/aromatic N) is 1. The molecule has 1 heterocycles. The number of aliphatic carboxylic acids is 1. The summed E-state index contributed by atoms with van der Waals surface area (Å²) in [5.41, 5.74) is 0. The van der Waals surface area contributed by atoms with E-state index in [1.54, 1.807) is 11.8 Å². The Morgan fingerprint density at radius 2 is 1.90 bits per heavy atom. The zero-order valence-corrected chi connectivity index (χ0v) is 12.5. The summed E-state index contributed by atoms with van der Waals surface area (Å²) in [5, 5.41) is 11.3. The van der Waals surface area contributed by atoms with Crippen LogP contribution >= 0.6 is 0 Å². The molecule has 0 aromatic heterocycles. The van der Waals surface area contributed by atoms with E-state index in [4.69, 9.17) is 5.11 Å². The SMILES string of the molecule is CCS(=O)(=O)CCNC(=O)N1CCC(CC(=O)O)CC1. The Morgan fingerprint density at radius 1 is 1.30 bits per heavy atom. The van der Waals surface area contributed by atoms with Crippen molar-refractivity contribution in [3.05, 3.63) is 0 Å². The van der Waals surface area contributed by atoms with Gasteiger partial charge < -0.3 is 15.3 Å². The van der Waals surface area contributed by atoms with E-state index in [1.807, 2.05) is 0 Å². The molecule has 0 spiro atoms. The highest BCUT2D eigenvalue weighted by Gasteiger charge is 2.24. The first-order chi connectivity index (χ1) is 9.34. The van der Waals surface area contributed by atoms with Crippen molar-refractivity contribution in [1.29, 1.82) is 0 Å². The van der Waals surface area contributed by atoms with E-state index < -0.39 is 15.8 Å². The number of sulfone groups is 1. The molecule has 1 saturated heterocycles. The molecule has 0 aromatic rings. The Kier molecular flexibility index (Phi) is 6.25. The second-order valence-electron chi connectivity index (χ2n) is 5.00. The van der Waals surface area contributed by atoms with Crippen LogP contribution in [-0.2, 0) is 14.6 Å². The molecule has 1 fully saturated rings. The lowest BCUT2D eigenvalue weighted by Crippen LogP contribution is -2.45. The number of hydrogen-bond acceptors (Lipinski definition) is 4. The van der Waals surface area contributed by atoms with Crippen molar-refractivity contribution in [2.75, 3.05) is 31.1 Å². The van der Waals surface area contributed by atoms with Crippen LogP contribution in [-0.4, -0.2) is 61.6 Å². The average Bonchev–Trinajstić information content (AvgIpc) is 2.38. The van der Waals surface area contributed by atoms with Crippen LogP contribution in [0, 0.1) is 5.92 Å². The summed E-state index contributed by atoms with van der Waals surface area (Å²) >= 11 is 0. The van der Waals surface area contributed by atoms with Gasteiger partial charge in [0.2, 0.25) is 0 Å². The number of nitrogens with one attached hydrogen (secondary N) is 1. The minimum absolute atomic E-state index is 0.0509. The first kappa shape index (κ1) is 16.7. The van der Waals surface area contributed by atoms with Crippen molar-refractivity contribution in [3.8, 4) is 0 Å². The van der Waals surface area contributed by atoms with Gasteiger partial charge in [0.25, 0.3) is 0 Å². The summed E-state index contributed by atoms with van der Waals surface area (Å²) in [7, 11) is -3.07. The van der Waals surface area contributed by atoms with Gasteiger partial charge in [0.1, 0.15) is 0 Å². The quantitative estimate of drug-likeness (QED) is 0.735. The smallest absolute Gasteiger partial charge is 0.317 e. The molecule has 0 atom stereocenters. The van der Waals surface area contributed by atoms with E-state index in [0.717, 1.165) is 0 Å². The van der Waals surface area contributed by atoms with E-state index in [0.29, 0.717) is 25.9 Å². The van der Waals surface area contributed by atoms with Crippen molar-refractivity contribution in [3.63, 3.8) is 0 Å². The highest BCUT2D eigenvalue weighted by Crippen LogP contribution is 2.20. The van der Waals surface area contributed by atoms with Crippen molar-refractivity contribution in [1.82, 2.24) is 10.2 Å². The highest BCUT2D eigenvalue weighted by atomic mass is 32.2. The number of urea groups is 1. The lowest BCUT2D eigenvalue weighted by atomic mass is 9.94. The molecule has 8 heteroatoms. The summed E-state index contributed by atoms with van der Waals surface area (Å²) < 4.78 is 22.6. The zero-order valence-electron chi connectivity index (χ0n) is 11.7. The Labute approximate surface area is 119 Å². The number of piperidine rings is 1. The molecule has 1 aliphatic rings. The van der Waals surface area contributed by atoms with Gasteiger partial charge >= 0.3 is 12.0 Å². The monoisotopic (exact) mass is 306 g/mol. The maximum Gasteiger partial charge on any atom is 0.317 e. The standard InChI is InChI=1S/C12H22N2O5S/c1-2-20(18,19)8-5-13-12(17)14-6-3-10(4-7-14)9-11(15)16/h10H,2-9H2,1H3,(H,13,17)(H,15,16). The Morgan fingerprint density at radius 3 is 2.40 bits per heavy atom. The Bertz CT molecular complexity index is 441. The molecule has 0 radical (unpaired) electrons. The summed E-state index contributed by atoms with van der Waals surface area (Å²) in [6.45, 7) is 2.73. The number of rotatable bonds is 6. The first-order valence-corrected chi connectivity index (χ1v) is 8.61. The maximum absolute atomic E-state index is 11.8. The maximum atomic E-state index is 11.8. The highest BCUT2D eigenvalue weighted by molar-refractivity contribution is 7.91. The van der Waals surface area contributed by atoms with Gasteiger partial charge in [0.15, 0.2) is 9.84 Å². The summed E-state index contributed by atoms with van der Waals surface area (Å²) in [6.07, 6.45) is 1.49. The average molecular weight is 306 g/mol. The van der Waals surface area contributed by atoms with Crippen LogP contribution in [0.3, 0.4) is 0 Å². The third-order valence-corrected chi connectivity index (χ3v) is 5.20. The van der Waals surface area contributed by atoms with E-state index in [9.17, 15) is 18.0 Å². The van der Waals surface area contributed by atoms with Crippen LogP contribution in [0.4, 0.5) is 4.79 Å². The molecule has 1 rings (SSSR count). The molecule has 0 saturated carbocycles. The largest absolute Gasteiger partial charge is 0.481 e. The summed E-state index contributed by atoms with van der Waals surface area (Å²) in [6, 6.07) is -0.273. The number of carboxylic acids is 1. The van der Waals surface area contributed by atoms with Gasteiger partial charge in [-0.2, -0.15) is 0 Å². The van der Waals surface area contributed by atoms with Crippen LogP contribution in [0.15, 0.2) is 0 Å². The second-order valence-corrected chi connectivity index (χ2v) is 7.47. The third kappa shape index (κ3) is 5.77. The fourth-order valence-electron chi connectivity index (χ4n) is 2.16. The number of carboxylic acid groups (broad SMARTS) is 1. The topological polar surface area (TPSA) is 104 Å². The Hall–Kier alpha value is -1.31. The number of hydrogen-bond donors (Lipinski definition) is 2. The molecule has 1 aliphatic heterocycles. The van der Waals surface area contributed by atoms with Crippen molar-refractivity contribution >= 4 is 21.8 Å². The zero-order chi connectivity index (χ0) is 15.2. The molecule has 116 valence electrons. The molecule has 0 aliphatic carbocycles. The lowest BCUT2D eigenvalue weighted by molar-refractivity contribution is -0.138. The minimum Gasteiger partial charge on any atom is -0.481 e. The molecule has 20 heavy (non-hydrogen) atoms. The van der Waals surface area contributed by atoms with Gasteiger partial charge in [-0.25, -0.2) is 13.2 Å². The van der Waals surface area contributed by atoms with Crippen molar-refractivity contribution < 1.29 is 23.1 Å². The van der Waals surface area contributed by atoms with Gasteiger partial charge in [-0.05, 0) is 18.8 Å². The van der Waals surface area contributed by atoms with Crippen LogP contribution < -0.4 is 5.32 Å². The van der Waals surface area contributed by atoms with E-state index in [1.165, 1.54) is 0 Å². The minimum atomic E-state index is -3.07. The molecular weight excluding hydrogens is 284 g/mol. The lowest BCUT2D eigenvalue weighted by Gasteiger charge is -2.31. The fraction of sp³-hybridized carbons (Fsp3) is 0.833. The van der Waals surface area contributed by atoms with Crippen LogP contribution in [0.2, 0.25) is 0 Å². The normalized spacial score (nSPS) is 16.9. The number of carbonyl (C=O) groups is 2. The van der Waals surface area contributed by atoms with E-state index >= 15 is 0 Å². The second kappa shape index (κ2) is 7.47. The molecule has 2 amide bonds. The number of amides is 2. The van der Waals surface area contributed by atoms with Crippen LogP contribution in [0.25, 0.3) is 0 Å². The summed E-state index contributed by atoms with van der Waals surface area (Å²) in [4.78, 5) is 24.0. The molecule has 0 bridgehead atoms. The number of likely N-dealkylation sites (tertiary alicyclic amines) is 1. The third-order valence-electron chi connectivity index (χ3n) is 3.49. The van der Waals surface area contributed by atoms with E-state index in [2.05, 4.69) is 5.32 Å². The predicted octanol–water partition coefficient (Wildman–Crippen LogP) is 0.317. The van der Waals surface area contributed by atoms with Crippen LogP contribution in [0.5, 0.6) is 0 Å². The van der Waals surface area contributed by atoms with Gasteiger partial charge in [-0.3, -0.25) is 4.79 Å². The number of carbonyl (C=O) groups excluding carboxylic acids is 1. The van der Waals surface area contributed by atoms with Gasteiger partial charge in [0.05, 0.1) is 5.75 Å². The first-order valence-electron chi connectivity index (χ1n) is 6.79. The van der Waals surface area contributed by atoms with Crippen molar-refractivity contribution in [2.24, 2.45) is 5.92 Å².